The average molecular weight is 409 g/mol. The van der Waals surface area contributed by atoms with Crippen LogP contribution < -0.4 is 9.26 Å². The Kier molecular flexibility index (Phi) is 7.22. The molecular formula is C14H15Cl2N2O4PS. The number of benzene rings is 1. The van der Waals surface area contributed by atoms with Crippen molar-refractivity contribution < 1.29 is 18.3 Å². The van der Waals surface area contributed by atoms with Gasteiger partial charge in [0.15, 0.2) is 5.75 Å². The fourth-order valence-electron chi connectivity index (χ4n) is 1.62. The van der Waals surface area contributed by atoms with Gasteiger partial charge in [0.1, 0.15) is 0 Å². The molecule has 0 atom stereocenters. The minimum Gasteiger partial charge on any atom is -0.434 e. The van der Waals surface area contributed by atoms with Crippen molar-refractivity contribution in [3.8, 4) is 17.5 Å². The van der Waals surface area contributed by atoms with Gasteiger partial charge in [-0.15, -0.1) is 10.2 Å². The van der Waals surface area contributed by atoms with Gasteiger partial charge in [0.25, 0.3) is 0 Å². The summed E-state index contributed by atoms with van der Waals surface area (Å²) < 4.78 is 21.8. The number of hydrogen-bond donors (Lipinski definition) is 0. The molecule has 1 aromatic carbocycles. The molecule has 0 bridgehead atoms. The molecule has 130 valence electrons. The Morgan fingerprint density at radius 3 is 2.00 bits per heavy atom. The summed E-state index contributed by atoms with van der Waals surface area (Å²) in [7, 11) is 0. The third-order valence-corrected chi connectivity index (χ3v) is 5.53. The van der Waals surface area contributed by atoms with E-state index in [1.807, 2.05) is 0 Å². The van der Waals surface area contributed by atoms with Crippen LogP contribution in [0.2, 0.25) is 10.0 Å². The van der Waals surface area contributed by atoms with Crippen LogP contribution in [0.4, 0.5) is 0 Å². The molecule has 0 N–H and O–H groups in total. The van der Waals surface area contributed by atoms with E-state index in [-0.39, 0.29) is 11.8 Å². The summed E-state index contributed by atoms with van der Waals surface area (Å²) in [5.74, 6) is 0.689. The lowest BCUT2D eigenvalue weighted by molar-refractivity contribution is 0.215. The lowest BCUT2D eigenvalue weighted by atomic mass is 10.3. The van der Waals surface area contributed by atoms with E-state index in [1.54, 1.807) is 44.2 Å². The highest BCUT2D eigenvalue weighted by molar-refractivity contribution is 8.07. The molecule has 0 aliphatic rings. The van der Waals surface area contributed by atoms with Crippen LogP contribution in [-0.2, 0) is 20.9 Å². The quantitative estimate of drug-likeness (QED) is 0.552. The monoisotopic (exact) mass is 408 g/mol. The third kappa shape index (κ3) is 5.28. The molecule has 1 aromatic heterocycles. The summed E-state index contributed by atoms with van der Waals surface area (Å²) in [6.07, 6.45) is 0. The number of rotatable bonds is 8. The van der Waals surface area contributed by atoms with Gasteiger partial charge in [0.2, 0.25) is 11.8 Å². The summed E-state index contributed by atoms with van der Waals surface area (Å²) in [6, 6.07) is 8.14. The Bertz CT molecular complexity index is 703. The van der Waals surface area contributed by atoms with Crippen molar-refractivity contribution in [2.24, 2.45) is 0 Å². The molecule has 0 saturated carbocycles. The summed E-state index contributed by atoms with van der Waals surface area (Å²) in [5, 5.41) is 8.54. The first-order valence-electron chi connectivity index (χ1n) is 7.01. The standard InChI is InChI=1S/C14H15Cl2N2O4PS/c1-3-19-23(24,20-4-2)22-13-9-8-12(17-18-13)21-14-10(15)6-5-7-11(14)16/h5-9H,3-4H2,1-2H3. The van der Waals surface area contributed by atoms with Gasteiger partial charge in [-0.3, -0.25) is 9.05 Å². The minimum absolute atomic E-state index is 0.179. The van der Waals surface area contributed by atoms with Crippen molar-refractivity contribution >= 4 is 41.7 Å². The Balaban J connectivity index is 2.12. The topological polar surface area (TPSA) is 62.7 Å². The van der Waals surface area contributed by atoms with Crippen LogP contribution in [-0.4, -0.2) is 23.4 Å². The molecule has 6 nitrogen and oxygen atoms in total. The predicted molar refractivity (Wildman–Crippen MR) is 96.7 cm³/mol. The number of para-hydroxylation sites is 1. The van der Waals surface area contributed by atoms with Crippen LogP contribution in [0, 0.1) is 0 Å². The molecule has 0 unspecified atom stereocenters. The van der Waals surface area contributed by atoms with Crippen molar-refractivity contribution in [2.45, 2.75) is 13.8 Å². The second kappa shape index (κ2) is 8.94. The molecule has 0 amide bonds. The van der Waals surface area contributed by atoms with E-state index in [9.17, 15) is 0 Å². The fraction of sp³-hybridized carbons (Fsp3) is 0.286. The van der Waals surface area contributed by atoms with Gasteiger partial charge in [-0.2, -0.15) is 0 Å². The van der Waals surface area contributed by atoms with Crippen LogP contribution in [0.25, 0.3) is 0 Å². The number of hydrogen-bond acceptors (Lipinski definition) is 7. The average Bonchev–Trinajstić information content (AvgIpc) is 2.53. The number of halogens is 2. The molecule has 1 heterocycles. The molecule has 0 fully saturated rings. The van der Waals surface area contributed by atoms with E-state index in [4.69, 9.17) is 53.3 Å². The first kappa shape index (κ1) is 19.4. The van der Waals surface area contributed by atoms with Gasteiger partial charge in [0.05, 0.1) is 23.3 Å². The van der Waals surface area contributed by atoms with Gasteiger partial charge >= 0.3 is 6.72 Å². The second-order valence-electron chi connectivity index (χ2n) is 4.24. The van der Waals surface area contributed by atoms with Crippen LogP contribution in [0.3, 0.4) is 0 Å². The summed E-state index contributed by atoms with van der Waals surface area (Å²) in [5.41, 5.74) is 0. The maximum atomic E-state index is 6.04. The maximum absolute atomic E-state index is 6.04. The highest BCUT2D eigenvalue weighted by Crippen LogP contribution is 2.49. The molecule has 2 aromatic rings. The van der Waals surface area contributed by atoms with Crippen molar-refractivity contribution in [2.75, 3.05) is 13.2 Å². The summed E-state index contributed by atoms with van der Waals surface area (Å²) in [4.78, 5) is 0. The van der Waals surface area contributed by atoms with Gasteiger partial charge in [0, 0.05) is 23.9 Å². The lowest BCUT2D eigenvalue weighted by Crippen LogP contribution is -2.03. The third-order valence-electron chi connectivity index (χ3n) is 2.52. The van der Waals surface area contributed by atoms with Crippen molar-refractivity contribution in [3.05, 3.63) is 40.4 Å². The Morgan fingerprint density at radius 1 is 0.958 bits per heavy atom. The molecule has 0 spiro atoms. The van der Waals surface area contributed by atoms with Crippen LogP contribution in [0.15, 0.2) is 30.3 Å². The molecule has 0 aliphatic carbocycles. The van der Waals surface area contributed by atoms with Gasteiger partial charge in [-0.1, -0.05) is 29.3 Å². The molecule has 10 heteroatoms. The highest BCUT2D eigenvalue weighted by Gasteiger charge is 2.22. The van der Waals surface area contributed by atoms with Crippen LogP contribution in [0.1, 0.15) is 13.8 Å². The van der Waals surface area contributed by atoms with Crippen LogP contribution in [0.5, 0.6) is 17.5 Å². The Labute approximate surface area is 155 Å². The van der Waals surface area contributed by atoms with Crippen LogP contribution >= 0.6 is 29.9 Å². The predicted octanol–water partition coefficient (Wildman–Crippen LogP) is 5.25. The van der Waals surface area contributed by atoms with E-state index in [1.165, 1.54) is 0 Å². The van der Waals surface area contributed by atoms with Gasteiger partial charge < -0.3 is 9.26 Å². The number of ether oxygens (including phenoxy) is 1. The molecule has 0 saturated heterocycles. The van der Waals surface area contributed by atoms with E-state index in [2.05, 4.69) is 10.2 Å². The number of nitrogens with zero attached hydrogens (tertiary/aromatic N) is 2. The first-order valence-corrected chi connectivity index (χ1v) is 10.3. The minimum atomic E-state index is -2.89. The second-order valence-corrected chi connectivity index (χ2v) is 7.99. The zero-order chi connectivity index (χ0) is 17.6. The van der Waals surface area contributed by atoms with Crippen molar-refractivity contribution in [1.29, 1.82) is 0 Å². The number of aromatic nitrogens is 2. The highest BCUT2D eigenvalue weighted by atomic mass is 35.5. The molecule has 0 radical (unpaired) electrons. The Hall–Kier alpha value is -0.950. The molecule has 24 heavy (non-hydrogen) atoms. The zero-order valence-electron chi connectivity index (χ0n) is 12.9. The first-order chi connectivity index (χ1) is 11.5. The van der Waals surface area contributed by atoms with E-state index in [0.717, 1.165) is 0 Å². The van der Waals surface area contributed by atoms with Crippen molar-refractivity contribution in [3.63, 3.8) is 0 Å². The normalized spacial score (nSPS) is 11.3. The Morgan fingerprint density at radius 2 is 1.50 bits per heavy atom. The smallest absolute Gasteiger partial charge is 0.381 e. The molecule has 2 rings (SSSR count). The van der Waals surface area contributed by atoms with Gasteiger partial charge in [-0.25, -0.2) is 0 Å². The summed E-state index contributed by atoms with van der Waals surface area (Å²) >= 11 is 17.3. The van der Waals surface area contributed by atoms with Gasteiger partial charge in [-0.05, 0) is 26.0 Å². The molecular weight excluding hydrogens is 394 g/mol. The maximum Gasteiger partial charge on any atom is 0.381 e. The summed E-state index contributed by atoms with van der Waals surface area (Å²) in [6.45, 7) is 1.46. The zero-order valence-corrected chi connectivity index (χ0v) is 16.2. The lowest BCUT2D eigenvalue weighted by Gasteiger charge is -2.19. The van der Waals surface area contributed by atoms with E-state index >= 15 is 0 Å². The van der Waals surface area contributed by atoms with E-state index < -0.39 is 6.72 Å². The largest absolute Gasteiger partial charge is 0.434 e. The SMILES string of the molecule is CCOP(=S)(OCC)Oc1ccc(Oc2c(Cl)cccc2Cl)nn1. The molecule has 0 aliphatic heterocycles. The fourth-order valence-corrected chi connectivity index (χ4v) is 4.09. The van der Waals surface area contributed by atoms with Crippen molar-refractivity contribution in [1.82, 2.24) is 10.2 Å². The van der Waals surface area contributed by atoms with E-state index in [0.29, 0.717) is 29.0 Å².